The molecule has 0 unspecified atom stereocenters. The van der Waals surface area contributed by atoms with Gasteiger partial charge in [-0.3, -0.25) is 4.99 Å². The molecule has 3 nitrogen and oxygen atoms in total. The number of nitrogens with zero attached hydrogens (tertiary/aromatic N) is 1. The number of thioether (sulfide) groups is 1. The van der Waals surface area contributed by atoms with Crippen molar-refractivity contribution in [1.82, 2.24) is 0 Å². The van der Waals surface area contributed by atoms with Gasteiger partial charge in [-0.05, 0) is 42.0 Å². The fraction of sp³-hybridized carbons (Fsp3) is 0.136. The zero-order chi connectivity index (χ0) is 18.2. The topological polar surface area (TPSA) is 30.8 Å². The molecule has 0 aliphatic heterocycles. The molecule has 3 aromatic carbocycles. The van der Waals surface area contributed by atoms with Crippen LogP contribution in [0.5, 0.6) is 11.5 Å². The SMILES string of the molecule is COc1cccc(C=Nc2ccc(CSc3ccccc3)cc2)c1OC. The number of methoxy groups -OCH3 is 2. The van der Waals surface area contributed by atoms with Crippen LogP contribution < -0.4 is 9.47 Å². The maximum absolute atomic E-state index is 5.43. The van der Waals surface area contributed by atoms with Crippen molar-refractivity contribution >= 4 is 23.7 Å². The van der Waals surface area contributed by atoms with Gasteiger partial charge in [-0.15, -0.1) is 11.8 Å². The third-order valence-electron chi connectivity index (χ3n) is 3.87. The quantitative estimate of drug-likeness (QED) is 0.396. The summed E-state index contributed by atoms with van der Waals surface area (Å²) in [6.45, 7) is 0. The van der Waals surface area contributed by atoms with Gasteiger partial charge in [0.15, 0.2) is 11.5 Å². The Hall–Kier alpha value is -2.72. The Kier molecular flexibility index (Phi) is 6.34. The molecule has 3 aromatic rings. The van der Waals surface area contributed by atoms with Gasteiger partial charge in [0.1, 0.15) is 0 Å². The predicted octanol–water partition coefficient (Wildman–Crippen LogP) is 5.75. The van der Waals surface area contributed by atoms with Crippen molar-refractivity contribution < 1.29 is 9.47 Å². The summed E-state index contributed by atoms with van der Waals surface area (Å²) >= 11 is 1.83. The van der Waals surface area contributed by atoms with E-state index in [9.17, 15) is 0 Å². The average molecular weight is 363 g/mol. The van der Waals surface area contributed by atoms with E-state index in [4.69, 9.17) is 9.47 Å². The molecule has 0 saturated heterocycles. The lowest BCUT2D eigenvalue weighted by Gasteiger charge is -2.09. The maximum atomic E-state index is 5.43. The second-order valence-corrected chi connectivity index (χ2v) is 6.66. The fourth-order valence-corrected chi connectivity index (χ4v) is 3.39. The lowest BCUT2D eigenvalue weighted by molar-refractivity contribution is 0.354. The van der Waals surface area contributed by atoms with Gasteiger partial charge in [-0.1, -0.05) is 36.4 Å². The number of aliphatic imine (C=N–C) groups is 1. The van der Waals surface area contributed by atoms with E-state index in [0.29, 0.717) is 11.5 Å². The molecular formula is C22H21NO2S. The van der Waals surface area contributed by atoms with E-state index in [1.165, 1.54) is 10.5 Å². The van der Waals surface area contributed by atoms with E-state index >= 15 is 0 Å². The van der Waals surface area contributed by atoms with E-state index in [2.05, 4.69) is 41.4 Å². The number of hydrogen-bond acceptors (Lipinski definition) is 4. The summed E-state index contributed by atoms with van der Waals surface area (Å²) in [5.74, 6) is 2.33. The predicted molar refractivity (Wildman–Crippen MR) is 109 cm³/mol. The Morgan fingerprint density at radius 2 is 1.62 bits per heavy atom. The van der Waals surface area contributed by atoms with E-state index in [1.807, 2.05) is 48.2 Å². The number of para-hydroxylation sites is 1. The fourth-order valence-electron chi connectivity index (χ4n) is 2.52. The lowest BCUT2D eigenvalue weighted by Crippen LogP contribution is -1.94. The minimum absolute atomic E-state index is 0.689. The average Bonchev–Trinajstić information content (AvgIpc) is 2.71. The first-order valence-corrected chi connectivity index (χ1v) is 9.30. The normalized spacial score (nSPS) is 10.8. The number of benzene rings is 3. The molecule has 0 heterocycles. The van der Waals surface area contributed by atoms with Crippen molar-refractivity contribution in [2.75, 3.05) is 14.2 Å². The smallest absolute Gasteiger partial charge is 0.169 e. The van der Waals surface area contributed by atoms with Crippen LogP contribution in [0.3, 0.4) is 0 Å². The molecule has 4 heteroatoms. The van der Waals surface area contributed by atoms with Crippen LogP contribution in [-0.2, 0) is 5.75 Å². The summed E-state index contributed by atoms with van der Waals surface area (Å²) in [4.78, 5) is 5.83. The number of ether oxygens (including phenoxy) is 2. The Balaban J connectivity index is 1.67. The van der Waals surface area contributed by atoms with Crippen LogP contribution in [0.25, 0.3) is 0 Å². The first kappa shape index (κ1) is 18.1. The third-order valence-corrected chi connectivity index (χ3v) is 4.95. The molecular weight excluding hydrogens is 342 g/mol. The van der Waals surface area contributed by atoms with Crippen LogP contribution in [0.2, 0.25) is 0 Å². The first-order chi connectivity index (χ1) is 12.8. The van der Waals surface area contributed by atoms with Crippen molar-refractivity contribution in [2.45, 2.75) is 10.6 Å². The molecule has 0 spiro atoms. The molecule has 0 radical (unpaired) electrons. The monoisotopic (exact) mass is 363 g/mol. The molecule has 0 fully saturated rings. The Labute approximate surface area is 158 Å². The van der Waals surface area contributed by atoms with Crippen molar-refractivity contribution in [3.8, 4) is 11.5 Å². The van der Waals surface area contributed by atoms with Gasteiger partial charge in [0.05, 0.1) is 19.9 Å². The van der Waals surface area contributed by atoms with Crippen LogP contribution in [0.15, 0.2) is 82.7 Å². The molecule has 0 atom stereocenters. The summed E-state index contributed by atoms with van der Waals surface area (Å²) in [6, 6.07) is 24.5. The lowest BCUT2D eigenvalue weighted by atomic mass is 10.2. The van der Waals surface area contributed by atoms with E-state index in [0.717, 1.165) is 17.0 Å². The molecule has 0 aliphatic rings. The molecule has 0 saturated carbocycles. The zero-order valence-electron chi connectivity index (χ0n) is 14.9. The van der Waals surface area contributed by atoms with Crippen LogP contribution in [0.4, 0.5) is 5.69 Å². The highest BCUT2D eigenvalue weighted by Crippen LogP contribution is 2.30. The van der Waals surface area contributed by atoms with Crippen molar-refractivity contribution in [3.63, 3.8) is 0 Å². The highest BCUT2D eigenvalue weighted by atomic mass is 32.2. The van der Waals surface area contributed by atoms with Gasteiger partial charge in [0, 0.05) is 22.4 Å². The van der Waals surface area contributed by atoms with E-state index < -0.39 is 0 Å². The molecule has 26 heavy (non-hydrogen) atoms. The van der Waals surface area contributed by atoms with E-state index in [1.54, 1.807) is 20.4 Å². The van der Waals surface area contributed by atoms with E-state index in [-0.39, 0.29) is 0 Å². The minimum Gasteiger partial charge on any atom is -0.493 e. The van der Waals surface area contributed by atoms with Crippen molar-refractivity contribution in [2.24, 2.45) is 4.99 Å². The summed E-state index contributed by atoms with van der Waals surface area (Å²) in [5.41, 5.74) is 3.07. The summed E-state index contributed by atoms with van der Waals surface area (Å²) < 4.78 is 10.7. The van der Waals surface area contributed by atoms with Crippen molar-refractivity contribution in [1.29, 1.82) is 0 Å². The van der Waals surface area contributed by atoms with Gasteiger partial charge in [-0.25, -0.2) is 0 Å². The molecule has 132 valence electrons. The molecule has 0 amide bonds. The first-order valence-electron chi connectivity index (χ1n) is 8.32. The second kappa shape index (κ2) is 9.11. The molecule has 0 aliphatic carbocycles. The standard InChI is InChI=1S/C22H21NO2S/c1-24-21-10-6-7-18(22(21)25-2)15-23-19-13-11-17(12-14-19)16-26-20-8-4-3-5-9-20/h3-15H,16H2,1-2H3. The maximum Gasteiger partial charge on any atom is 0.169 e. The van der Waals surface area contributed by atoms with Crippen LogP contribution in [0.1, 0.15) is 11.1 Å². The van der Waals surface area contributed by atoms with Gasteiger partial charge >= 0.3 is 0 Å². The Morgan fingerprint density at radius 1 is 0.846 bits per heavy atom. The van der Waals surface area contributed by atoms with Gasteiger partial charge in [0.25, 0.3) is 0 Å². The number of rotatable bonds is 7. The highest BCUT2D eigenvalue weighted by Gasteiger charge is 2.07. The third kappa shape index (κ3) is 4.67. The van der Waals surface area contributed by atoms with Gasteiger partial charge in [-0.2, -0.15) is 0 Å². The Bertz CT molecular complexity index is 861. The molecule has 3 rings (SSSR count). The highest BCUT2D eigenvalue weighted by molar-refractivity contribution is 7.98. The van der Waals surface area contributed by atoms with Crippen LogP contribution in [0, 0.1) is 0 Å². The van der Waals surface area contributed by atoms with Gasteiger partial charge < -0.3 is 9.47 Å². The van der Waals surface area contributed by atoms with Gasteiger partial charge in [0.2, 0.25) is 0 Å². The zero-order valence-corrected chi connectivity index (χ0v) is 15.7. The second-order valence-electron chi connectivity index (χ2n) is 5.61. The van der Waals surface area contributed by atoms with Crippen LogP contribution in [-0.4, -0.2) is 20.4 Å². The summed E-state index contributed by atoms with van der Waals surface area (Å²) in [6.07, 6.45) is 1.80. The largest absolute Gasteiger partial charge is 0.493 e. The number of hydrogen-bond donors (Lipinski definition) is 0. The molecule has 0 aromatic heterocycles. The summed E-state index contributed by atoms with van der Waals surface area (Å²) in [5, 5.41) is 0. The Morgan fingerprint density at radius 3 is 2.31 bits per heavy atom. The van der Waals surface area contributed by atoms with Crippen molar-refractivity contribution in [3.05, 3.63) is 83.9 Å². The minimum atomic E-state index is 0.689. The molecule has 0 bridgehead atoms. The summed E-state index contributed by atoms with van der Waals surface area (Å²) in [7, 11) is 3.26. The van der Waals surface area contributed by atoms with Crippen LogP contribution >= 0.6 is 11.8 Å². The molecule has 0 N–H and O–H groups in total.